The van der Waals surface area contributed by atoms with Crippen LogP contribution in [-0.2, 0) is 6.54 Å². The maximum atomic E-state index is 14.2. The van der Waals surface area contributed by atoms with Crippen molar-refractivity contribution in [2.24, 2.45) is 10.7 Å². The van der Waals surface area contributed by atoms with Gasteiger partial charge >= 0.3 is 0 Å². The minimum atomic E-state index is -0.428. The van der Waals surface area contributed by atoms with Gasteiger partial charge in [-0.15, -0.1) is 0 Å². The molecular weight excluding hydrogens is 683 g/mol. The summed E-state index contributed by atoms with van der Waals surface area (Å²) in [4.78, 5) is 10.2. The molecule has 0 amide bonds. The highest BCUT2D eigenvalue weighted by atomic mass is 19.1. The zero-order valence-corrected chi connectivity index (χ0v) is 30.1. The summed E-state index contributed by atoms with van der Waals surface area (Å²) in [6.45, 7) is 2.57. The van der Waals surface area contributed by atoms with Gasteiger partial charge in [0.05, 0.1) is 11.2 Å². The predicted molar refractivity (Wildman–Crippen MR) is 223 cm³/mol. The molecule has 4 nitrogen and oxygen atoms in total. The van der Waals surface area contributed by atoms with Crippen molar-refractivity contribution in [1.29, 1.82) is 0 Å². The molecule has 1 aromatic heterocycles. The van der Waals surface area contributed by atoms with Gasteiger partial charge in [-0.2, -0.15) is 0 Å². The van der Waals surface area contributed by atoms with Gasteiger partial charge in [0.15, 0.2) is 0 Å². The number of aliphatic imine (C=N–C) groups is 1. The molecule has 8 aromatic carbocycles. The molecular formula is C49H36F2N4. The first kappa shape index (κ1) is 34.0. The third-order valence-electron chi connectivity index (χ3n) is 10.3. The summed E-state index contributed by atoms with van der Waals surface area (Å²) in [7, 11) is 0. The lowest BCUT2D eigenvalue weighted by atomic mass is 9.89. The van der Waals surface area contributed by atoms with Crippen LogP contribution in [0.15, 0.2) is 169 Å². The molecule has 266 valence electrons. The molecule has 9 aromatic rings. The highest BCUT2D eigenvalue weighted by Gasteiger charge is 2.18. The van der Waals surface area contributed by atoms with E-state index in [2.05, 4.69) is 108 Å². The number of nitrogens with two attached hydrogens (primary N) is 1. The number of nitrogens with zero attached hydrogens (tertiary/aromatic N) is 2. The fourth-order valence-corrected chi connectivity index (χ4v) is 7.57. The quantitative estimate of drug-likeness (QED) is 0.0934. The zero-order valence-electron chi connectivity index (χ0n) is 30.1. The van der Waals surface area contributed by atoms with Crippen LogP contribution in [0.5, 0.6) is 0 Å². The average molecular weight is 719 g/mol. The Hall–Kier alpha value is -6.76. The van der Waals surface area contributed by atoms with Crippen LogP contribution in [0.3, 0.4) is 0 Å². The van der Waals surface area contributed by atoms with Crippen molar-refractivity contribution in [3.8, 4) is 22.4 Å². The molecule has 0 spiro atoms. The summed E-state index contributed by atoms with van der Waals surface area (Å²) in [5, 5.41) is 11.4. The lowest BCUT2D eigenvalue weighted by molar-refractivity contribution is 0.554. The van der Waals surface area contributed by atoms with Gasteiger partial charge in [0.1, 0.15) is 23.6 Å². The van der Waals surface area contributed by atoms with Crippen molar-refractivity contribution >= 4 is 49.1 Å². The van der Waals surface area contributed by atoms with E-state index >= 15 is 0 Å². The average Bonchev–Trinajstić information content (AvgIpc) is 3.22. The van der Waals surface area contributed by atoms with E-state index in [9.17, 15) is 8.78 Å². The van der Waals surface area contributed by atoms with Crippen molar-refractivity contribution in [2.75, 3.05) is 0 Å². The highest BCUT2D eigenvalue weighted by Crippen LogP contribution is 2.43. The molecule has 0 aliphatic rings. The SMILES string of the molecule is Cc1ccc(C(/N=C(\N)c2ccc(F)cc2)NCc2cccc(-c3ccc4c(c3)nc(-c3ccc(F)cc3)c3c5ccccc5c5ccccc5c43)c2)cc1. The van der Waals surface area contributed by atoms with Crippen LogP contribution in [-0.4, -0.2) is 10.8 Å². The summed E-state index contributed by atoms with van der Waals surface area (Å²) >= 11 is 0. The van der Waals surface area contributed by atoms with E-state index in [1.165, 1.54) is 29.7 Å². The minimum Gasteiger partial charge on any atom is -0.383 e. The smallest absolute Gasteiger partial charge is 0.128 e. The Morgan fingerprint density at radius 3 is 1.89 bits per heavy atom. The molecule has 55 heavy (non-hydrogen) atoms. The van der Waals surface area contributed by atoms with Crippen LogP contribution in [0.4, 0.5) is 8.78 Å². The van der Waals surface area contributed by atoms with Crippen molar-refractivity contribution in [1.82, 2.24) is 10.3 Å². The van der Waals surface area contributed by atoms with Crippen LogP contribution < -0.4 is 11.1 Å². The number of aryl methyl sites for hydroxylation is 1. The standard InChI is InChI=1S/C49H36F2N4/c1-30-13-15-34(16-14-30)49(55-48(52)33-19-24-38(51)25-20-33)53-29-31-7-6-8-35(27-31)36-21-26-43-44(28-36)54-47(32-17-22-37(50)23-18-32)46-42-12-5-3-10-40(42)39-9-2-4-11-41(39)45(43)46/h2-28,49,53H,29H2,1H3,(H2,52,55). The summed E-state index contributed by atoms with van der Waals surface area (Å²) in [6, 6.07) is 52.8. The van der Waals surface area contributed by atoms with E-state index in [1.807, 2.05) is 31.2 Å². The molecule has 0 saturated heterocycles. The lowest BCUT2D eigenvalue weighted by Gasteiger charge is -2.18. The highest BCUT2D eigenvalue weighted by molar-refractivity contribution is 6.33. The summed E-state index contributed by atoms with van der Waals surface area (Å²) in [6.07, 6.45) is -0.428. The Morgan fingerprint density at radius 1 is 0.600 bits per heavy atom. The second-order valence-corrected chi connectivity index (χ2v) is 14.0. The Bertz CT molecular complexity index is 2900. The Balaban J connectivity index is 1.12. The Labute approximate surface area is 317 Å². The number of hydrogen-bond donors (Lipinski definition) is 2. The maximum Gasteiger partial charge on any atom is 0.128 e. The molecule has 0 aliphatic carbocycles. The van der Waals surface area contributed by atoms with Crippen LogP contribution in [0, 0.1) is 18.6 Å². The van der Waals surface area contributed by atoms with Gasteiger partial charge in [-0.25, -0.2) is 18.8 Å². The van der Waals surface area contributed by atoms with Crippen LogP contribution in [0.1, 0.15) is 28.4 Å². The van der Waals surface area contributed by atoms with Gasteiger partial charge < -0.3 is 5.73 Å². The largest absolute Gasteiger partial charge is 0.383 e. The number of halogens is 2. The van der Waals surface area contributed by atoms with Crippen molar-refractivity contribution in [3.05, 3.63) is 198 Å². The fraction of sp³-hybridized carbons (Fsp3) is 0.0612. The van der Waals surface area contributed by atoms with E-state index in [-0.39, 0.29) is 11.6 Å². The number of pyridine rings is 1. The van der Waals surface area contributed by atoms with Crippen LogP contribution >= 0.6 is 0 Å². The predicted octanol–water partition coefficient (Wildman–Crippen LogP) is 11.8. The van der Waals surface area contributed by atoms with E-state index in [1.54, 1.807) is 12.1 Å². The van der Waals surface area contributed by atoms with Crippen molar-refractivity contribution in [3.63, 3.8) is 0 Å². The third-order valence-corrected chi connectivity index (χ3v) is 10.3. The monoisotopic (exact) mass is 718 g/mol. The van der Waals surface area contributed by atoms with E-state index in [4.69, 9.17) is 15.7 Å². The number of hydrogen-bond acceptors (Lipinski definition) is 3. The molecule has 0 radical (unpaired) electrons. The van der Waals surface area contributed by atoms with E-state index in [0.717, 1.165) is 76.9 Å². The number of benzene rings is 8. The van der Waals surface area contributed by atoms with Gasteiger partial charge in [-0.3, -0.25) is 5.32 Å². The number of aromatic nitrogens is 1. The zero-order chi connectivity index (χ0) is 37.5. The maximum absolute atomic E-state index is 14.2. The van der Waals surface area contributed by atoms with Crippen LogP contribution in [0.2, 0.25) is 0 Å². The van der Waals surface area contributed by atoms with Gasteiger partial charge in [0, 0.05) is 33.8 Å². The summed E-state index contributed by atoms with van der Waals surface area (Å²) in [5.41, 5.74) is 14.9. The molecule has 1 atom stereocenters. The van der Waals surface area contributed by atoms with Crippen molar-refractivity contribution < 1.29 is 8.78 Å². The molecule has 0 fully saturated rings. The van der Waals surface area contributed by atoms with Gasteiger partial charge in [0.2, 0.25) is 0 Å². The molecule has 6 heteroatoms. The molecule has 1 unspecified atom stereocenters. The molecule has 0 aliphatic heterocycles. The molecule has 0 saturated carbocycles. The summed E-state index contributed by atoms with van der Waals surface area (Å²) in [5.74, 6) is -0.284. The minimum absolute atomic E-state index is 0.283. The fourth-order valence-electron chi connectivity index (χ4n) is 7.57. The first-order valence-corrected chi connectivity index (χ1v) is 18.3. The lowest BCUT2D eigenvalue weighted by Crippen LogP contribution is -2.24. The van der Waals surface area contributed by atoms with E-state index < -0.39 is 6.17 Å². The van der Waals surface area contributed by atoms with Crippen molar-refractivity contribution in [2.45, 2.75) is 19.6 Å². The molecule has 3 N–H and O–H groups in total. The first-order chi connectivity index (χ1) is 26.9. The van der Waals surface area contributed by atoms with Gasteiger partial charge in [0.25, 0.3) is 0 Å². The van der Waals surface area contributed by atoms with Gasteiger partial charge in [-0.1, -0.05) is 109 Å². The number of nitrogens with one attached hydrogen (secondary N) is 1. The van der Waals surface area contributed by atoms with Gasteiger partial charge in [-0.05, 0) is 111 Å². The second kappa shape index (κ2) is 14.2. The Kier molecular flexibility index (Phi) is 8.81. The van der Waals surface area contributed by atoms with E-state index in [0.29, 0.717) is 17.9 Å². The summed E-state index contributed by atoms with van der Waals surface area (Å²) < 4.78 is 27.8. The number of rotatable bonds is 8. The number of fused-ring (bicyclic) bond motifs is 8. The van der Waals surface area contributed by atoms with Crippen LogP contribution in [0.25, 0.3) is 65.6 Å². The molecule has 0 bridgehead atoms. The molecule has 9 rings (SSSR count). The first-order valence-electron chi connectivity index (χ1n) is 18.3. The third kappa shape index (κ3) is 6.58. The second-order valence-electron chi connectivity index (χ2n) is 14.0. The normalized spacial score (nSPS) is 12.5. The number of amidine groups is 1. The molecule has 1 heterocycles. The Morgan fingerprint density at radius 2 is 1.20 bits per heavy atom. The topological polar surface area (TPSA) is 63.3 Å².